The molecule has 0 heterocycles. The van der Waals surface area contributed by atoms with Crippen molar-refractivity contribution in [3.8, 4) is 0 Å². The second-order valence-electron chi connectivity index (χ2n) is 3.60. The minimum Gasteiger partial charge on any atom is -0.293 e. The Balaban J connectivity index is 2.37. The Labute approximate surface area is 88.1 Å². The lowest BCUT2D eigenvalue weighted by molar-refractivity contribution is -0.141. The number of hydrogen-bond acceptors (Lipinski definition) is 1. The van der Waals surface area contributed by atoms with Crippen LogP contribution >= 0.6 is 0 Å². The highest BCUT2D eigenvalue weighted by molar-refractivity contribution is 5.82. The van der Waals surface area contributed by atoms with Crippen LogP contribution in [0.5, 0.6) is 0 Å². The number of carbonyl (C=O) groups is 1. The molecule has 0 saturated heterocycles. The van der Waals surface area contributed by atoms with Gasteiger partial charge in [0.2, 0.25) is 0 Å². The van der Waals surface area contributed by atoms with Gasteiger partial charge in [-0.2, -0.15) is 8.78 Å². The number of carbonyl (C=O) groups excluding carboxylic acids is 1. The Morgan fingerprint density at radius 1 is 1.27 bits per heavy atom. The summed E-state index contributed by atoms with van der Waals surface area (Å²) in [6.45, 7) is 0.933. The molecule has 0 bridgehead atoms. The van der Waals surface area contributed by atoms with Crippen molar-refractivity contribution in [2.24, 2.45) is 0 Å². The zero-order valence-electron chi connectivity index (χ0n) is 8.67. The standard InChI is InChI=1S/C12H14F2O/c1-10(15)12(13,14)9-5-8-11-6-3-2-4-7-11/h2-4,6-7H,5,8-9H2,1H3. The molecule has 1 aromatic rings. The van der Waals surface area contributed by atoms with E-state index in [-0.39, 0.29) is 6.42 Å². The predicted molar refractivity (Wildman–Crippen MR) is 55.0 cm³/mol. The first kappa shape index (κ1) is 11.8. The van der Waals surface area contributed by atoms with Gasteiger partial charge < -0.3 is 0 Å². The number of benzene rings is 1. The van der Waals surface area contributed by atoms with Crippen molar-refractivity contribution in [2.75, 3.05) is 0 Å². The molecule has 0 fully saturated rings. The molecular weight excluding hydrogens is 198 g/mol. The first-order valence-electron chi connectivity index (χ1n) is 4.95. The molecule has 0 unspecified atom stereocenters. The largest absolute Gasteiger partial charge is 0.304 e. The Morgan fingerprint density at radius 3 is 2.40 bits per heavy atom. The number of rotatable bonds is 5. The van der Waals surface area contributed by atoms with Gasteiger partial charge in [0.25, 0.3) is 0 Å². The summed E-state index contributed by atoms with van der Waals surface area (Å²) in [5.74, 6) is -4.20. The van der Waals surface area contributed by atoms with E-state index in [2.05, 4.69) is 0 Å². The molecular formula is C12H14F2O. The Hall–Kier alpha value is -1.25. The van der Waals surface area contributed by atoms with E-state index in [9.17, 15) is 13.6 Å². The molecule has 1 aromatic carbocycles. The van der Waals surface area contributed by atoms with Crippen molar-refractivity contribution >= 4 is 5.78 Å². The third-order valence-electron chi connectivity index (χ3n) is 2.31. The highest BCUT2D eigenvalue weighted by Gasteiger charge is 2.33. The van der Waals surface area contributed by atoms with Gasteiger partial charge in [-0.3, -0.25) is 4.79 Å². The minimum absolute atomic E-state index is 0.330. The summed E-state index contributed by atoms with van der Waals surface area (Å²) >= 11 is 0. The molecule has 15 heavy (non-hydrogen) atoms. The van der Waals surface area contributed by atoms with Crippen LogP contribution in [-0.2, 0) is 11.2 Å². The van der Waals surface area contributed by atoms with Crippen LogP contribution in [0.3, 0.4) is 0 Å². The molecule has 3 heteroatoms. The van der Waals surface area contributed by atoms with Crippen molar-refractivity contribution < 1.29 is 13.6 Å². The van der Waals surface area contributed by atoms with Gasteiger partial charge in [-0.25, -0.2) is 0 Å². The van der Waals surface area contributed by atoms with Gasteiger partial charge in [0.1, 0.15) is 0 Å². The summed E-state index contributed by atoms with van der Waals surface area (Å²) in [5, 5.41) is 0. The number of alkyl halides is 2. The van der Waals surface area contributed by atoms with Crippen LogP contribution < -0.4 is 0 Å². The van der Waals surface area contributed by atoms with Gasteiger partial charge in [0.15, 0.2) is 5.78 Å². The van der Waals surface area contributed by atoms with E-state index in [4.69, 9.17) is 0 Å². The molecule has 0 aliphatic rings. The third-order valence-corrected chi connectivity index (χ3v) is 2.31. The van der Waals surface area contributed by atoms with Crippen molar-refractivity contribution in [2.45, 2.75) is 32.1 Å². The number of aryl methyl sites for hydroxylation is 1. The average molecular weight is 212 g/mol. The van der Waals surface area contributed by atoms with Crippen LogP contribution in [0.4, 0.5) is 8.78 Å². The fourth-order valence-corrected chi connectivity index (χ4v) is 1.34. The molecule has 0 N–H and O–H groups in total. The monoisotopic (exact) mass is 212 g/mol. The summed E-state index contributed by atoms with van der Waals surface area (Å²) in [7, 11) is 0. The molecule has 1 rings (SSSR count). The molecule has 0 radical (unpaired) electrons. The quantitative estimate of drug-likeness (QED) is 0.732. The molecule has 0 atom stereocenters. The second-order valence-corrected chi connectivity index (χ2v) is 3.60. The highest BCUT2D eigenvalue weighted by Crippen LogP contribution is 2.22. The fraction of sp³-hybridized carbons (Fsp3) is 0.417. The Bertz CT molecular complexity index is 320. The lowest BCUT2D eigenvalue weighted by Crippen LogP contribution is -2.25. The number of hydrogen-bond donors (Lipinski definition) is 0. The van der Waals surface area contributed by atoms with Gasteiger partial charge in [0, 0.05) is 13.3 Å². The van der Waals surface area contributed by atoms with Crippen molar-refractivity contribution in [1.29, 1.82) is 0 Å². The van der Waals surface area contributed by atoms with Crippen LogP contribution in [0.25, 0.3) is 0 Å². The smallest absolute Gasteiger partial charge is 0.293 e. The first-order valence-corrected chi connectivity index (χ1v) is 4.95. The molecule has 82 valence electrons. The second kappa shape index (κ2) is 5.01. The van der Waals surface area contributed by atoms with Crippen molar-refractivity contribution in [1.82, 2.24) is 0 Å². The van der Waals surface area contributed by atoms with Crippen LogP contribution in [0.2, 0.25) is 0 Å². The first-order chi connectivity index (χ1) is 7.02. The summed E-state index contributed by atoms with van der Waals surface area (Å²) in [6, 6.07) is 9.42. The predicted octanol–water partition coefficient (Wildman–Crippen LogP) is 3.23. The average Bonchev–Trinajstić information content (AvgIpc) is 2.19. The summed E-state index contributed by atoms with van der Waals surface area (Å²) in [6.07, 6.45) is 0.553. The van der Waals surface area contributed by atoms with E-state index in [1.807, 2.05) is 30.3 Å². The molecule has 0 aliphatic carbocycles. The highest BCUT2D eigenvalue weighted by atomic mass is 19.3. The number of Topliss-reactive ketones (excluding diaryl/α,β-unsaturated/α-hetero) is 1. The molecule has 1 nitrogen and oxygen atoms in total. The van der Waals surface area contributed by atoms with Gasteiger partial charge in [-0.05, 0) is 18.4 Å². The molecule has 0 amide bonds. The fourth-order valence-electron chi connectivity index (χ4n) is 1.34. The Morgan fingerprint density at radius 2 is 1.87 bits per heavy atom. The zero-order valence-corrected chi connectivity index (χ0v) is 8.67. The Kier molecular flexibility index (Phi) is 3.95. The zero-order chi connectivity index (χ0) is 11.3. The third kappa shape index (κ3) is 3.78. The van der Waals surface area contributed by atoms with E-state index in [1.54, 1.807) is 0 Å². The molecule has 0 spiro atoms. The summed E-state index contributed by atoms with van der Waals surface area (Å²) < 4.78 is 25.8. The van der Waals surface area contributed by atoms with E-state index >= 15 is 0 Å². The van der Waals surface area contributed by atoms with Gasteiger partial charge >= 0.3 is 5.92 Å². The summed E-state index contributed by atoms with van der Waals surface area (Å²) in [4.78, 5) is 10.6. The summed E-state index contributed by atoms with van der Waals surface area (Å²) in [5.41, 5.74) is 1.02. The van der Waals surface area contributed by atoms with Crippen LogP contribution in [0, 0.1) is 0 Å². The lowest BCUT2D eigenvalue weighted by atomic mass is 10.0. The maximum absolute atomic E-state index is 12.9. The van der Waals surface area contributed by atoms with Gasteiger partial charge in [0.05, 0.1) is 0 Å². The van der Waals surface area contributed by atoms with Crippen molar-refractivity contribution in [3.63, 3.8) is 0 Å². The van der Waals surface area contributed by atoms with Crippen LogP contribution in [-0.4, -0.2) is 11.7 Å². The van der Waals surface area contributed by atoms with E-state index in [0.717, 1.165) is 12.5 Å². The topological polar surface area (TPSA) is 17.1 Å². The maximum Gasteiger partial charge on any atom is 0.304 e. The minimum atomic E-state index is -3.16. The lowest BCUT2D eigenvalue weighted by Gasteiger charge is -2.11. The van der Waals surface area contributed by atoms with Gasteiger partial charge in [-0.1, -0.05) is 30.3 Å². The molecule has 0 saturated carbocycles. The SMILES string of the molecule is CC(=O)C(F)(F)CCCc1ccccc1. The number of ketones is 1. The van der Waals surface area contributed by atoms with Gasteiger partial charge in [-0.15, -0.1) is 0 Å². The molecule has 0 aliphatic heterocycles. The maximum atomic E-state index is 12.9. The van der Waals surface area contributed by atoms with E-state index < -0.39 is 11.7 Å². The van der Waals surface area contributed by atoms with E-state index in [1.165, 1.54) is 0 Å². The van der Waals surface area contributed by atoms with E-state index in [0.29, 0.717) is 12.8 Å². The molecule has 0 aromatic heterocycles. The number of halogens is 2. The van der Waals surface area contributed by atoms with Crippen molar-refractivity contribution in [3.05, 3.63) is 35.9 Å². The normalized spacial score (nSPS) is 11.4. The van der Waals surface area contributed by atoms with Crippen LogP contribution in [0.15, 0.2) is 30.3 Å². The van der Waals surface area contributed by atoms with Crippen LogP contribution in [0.1, 0.15) is 25.3 Å².